The molecule has 1 atom stereocenters. The predicted molar refractivity (Wildman–Crippen MR) is 79.7 cm³/mol. The lowest BCUT2D eigenvalue weighted by Gasteiger charge is -2.13. The number of hydrogen-bond acceptors (Lipinski definition) is 5. The van der Waals surface area contributed by atoms with Gasteiger partial charge in [0, 0.05) is 12.4 Å². The number of pyridine rings is 2. The predicted octanol–water partition coefficient (Wildman–Crippen LogP) is 1.62. The van der Waals surface area contributed by atoms with E-state index in [0.717, 1.165) is 5.65 Å². The second kappa shape index (κ2) is 5.80. The van der Waals surface area contributed by atoms with E-state index in [4.69, 9.17) is 4.74 Å². The second-order valence-electron chi connectivity index (χ2n) is 4.74. The average Bonchev–Trinajstić information content (AvgIpc) is 2.98. The molecular weight excluding hydrogens is 282 g/mol. The largest absolute Gasteiger partial charge is 0.480 e. The first kappa shape index (κ1) is 14.0. The quantitative estimate of drug-likeness (QED) is 0.791. The van der Waals surface area contributed by atoms with E-state index in [2.05, 4.69) is 20.5 Å². The van der Waals surface area contributed by atoms with Crippen molar-refractivity contribution in [1.82, 2.24) is 24.9 Å². The van der Waals surface area contributed by atoms with Gasteiger partial charge in [0.1, 0.15) is 5.56 Å². The van der Waals surface area contributed by atoms with Gasteiger partial charge in [-0.25, -0.2) is 4.98 Å². The van der Waals surface area contributed by atoms with Crippen molar-refractivity contribution in [2.75, 3.05) is 7.11 Å². The van der Waals surface area contributed by atoms with Crippen LogP contribution >= 0.6 is 0 Å². The minimum Gasteiger partial charge on any atom is -0.480 e. The molecular formula is C15H15N5O2. The third-order valence-corrected chi connectivity index (χ3v) is 3.28. The van der Waals surface area contributed by atoms with E-state index >= 15 is 0 Å². The van der Waals surface area contributed by atoms with Crippen LogP contribution in [0, 0.1) is 0 Å². The van der Waals surface area contributed by atoms with Crippen LogP contribution < -0.4 is 10.1 Å². The molecule has 22 heavy (non-hydrogen) atoms. The minimum absolute atomic E-state index is 0.273. The molecule has 7 nitrogen and oxygen atoms in total. The molecule has 3 rings (SSSR count). The molecule has 0 saturated heterocycles. The van der Waals surface area contributed by atoms with Crippen molar-refractivity contribution >= 4 is 11.6 Å². The monoisotopic (exact) mass is 297 g/mol. The van der Waals surface area contributed by atoms with Gasteiger partial charge in [-0.15, -0.1) is 10.2 Å². The van der Waals surface area contributed by atoms with Gasteiger partial charge in [0.15, 0.2) is 11.5 Å². The lowest BCUT2D eigenvalue weighted by Crippen LogP contribution is -2.28. The summed E-state index contributed by atoms with van der Waals surface area (Å²) in [6.45, 7) is 1.85. The van der Waals surface area contributed by atoms with E-state index in [9.17, 15) is 4.79 Å². The number of nitrogens with one attached hydrogen (secondary N) is 1. The normalized spacial score (nSPS) is 12.1. The Balaban J connectivity index is 1.85. The molecule has 1 N–H and O–H groups in total. The molecule has 3 aromatic rings. The molecule has 0 fully saturated rings. The average molecular weight is 297 g/mol. The first-order chi connectivity index (χ1) is 10.7. The Morgan fingerprint density at radius 1 is 1.27 bits per heavy atom. The maximum Gasteiger partial charge on any atom is 0.257 e. The van der Waals surface area contributed by atoms with E-state index in [0.29, 0.717) is 17.3 Å². The summed E-state index contributed by atoms with van der Waals surface area (Å²) in [5.74, 6) is 0.676. The molecule has 0 aliphatic heterocycles. The van der Waals surface area contributed by atoms with E-state index < -0.39 is 0 Å². The van der Waals surface area contributed by atoms with Crippen molar-refractivity contribution in [3.63, 3.8) is 0 Å². The van der Waals surface area contributed by atoms with Gasteiger partial charge >= 0.3 is 0 Å². The smallest absolute Gasteiger partial charge is 0.257 e. The maximum atomic E-state index is 12.4. The van der Waals surface area contributed by atoms with Gasteiger partial charge in [0.25, 0.3) is 5.91 Å². The number of amides is 1. The highest BCUT2D eigenvalue weighted by Gasteiger charge is 2.19. The van der Waals surface area contributed by atoms with E-state index in [1.54, 1.807) is 18.3 Å². The number of carbonyl (C=O) groups excluding carboxylic acids is 1. The Morgan fingerprint density at radius 2 is 2.14 bits per heavy atom. The second-order valence-corrected chi connectivity index (χ2v) is 4.74. The van der Waals surface area contributed by atoms with Crippen LogP contribution in [0.25, 0.3) is 5.65 Å². The highest BCUT2D eigenvalue weighted by molar-refractivity contribution is 5.96. The molecule has 3 aromatic heterocycles. The van der Waals surface area contributed by atoms with Gasteiger partial charge in [-0.2, -0.15) is 0 Å². The molecule has 3 heterocycles. The number of nitrogens with zero attached hydrogens (tertiary/aromatic N) is 4. The molecule has 0 aromatic carbocycles. The third-order valence-electron chi connectivity index (χ3n) is 3.28. The standard InChI is InChI=1S/C15H15N5O2/c1-10(13-19-18-12-7-3-4-9-20(12)13)17-14(21)11-6-5-8-16-15(11)22-2/h3-10H,1-2H3,(H,17,21). The number of hydrogen-bond donors (Lipinski definition) is 1. The molecule has 0 aliphatic rings. The summed E-state index contributed by atoms with van der Waals surface area (Å²) in [7, 11) is 1.48. The maximum absolute atomic E-state index is 12.4. The summed E-state index contributed by atoms with van der Waals surface area (Å²) < 4.78 is 6.94. The Labute approximate surface area is 127 Å². The van der Waals surface area contributed by atoms with E-state index in [1.807, 2.05) is 35.7 Å². The first-order valence-electron chi connectivity index (χ1n) is 6.80. The summed E-state index contributed by atoms with van der Waals surface area (Å²) in [6, 6.07) is 8.67. The van der Waals surface area contributed by atoms with Gasteiger partial charge < -0.3 is 10.1 Å². The van der Waals surface area contributed by atoms with Gasteiger partial charge in [0.2, 0.25) is 5.88 Å². The van der Waals surface area contributed by atoms with Crippen LogP contribution in [-0.2, 0) is 0 Å². The molecule has 112 valence electrons. The SMILES string of the molecule is COc1ncccc1C(=O)NC(C)c1nnc2ccccn12. The summed E-state index contributed by atoms with van der Waals surface area (Å²) >= 11 is 0. The summed E-state index contributed by atoms with van der Waals surface area (Å²) in [5, 5.41) is 11.1. The molecule has 0 aliphatic carbocycles. The number of carbonyl (C=O) groups is 1. The number of methoxy groups -OCH3 is 1. The van der Waals surface area contributed by atoms with Crippen molar-refractivity contribution in [3.8, 4) is 5.88 Å². The Morgan fingerprint density at radius 3 is 2.95 bits per heavy atom. The lowest BCUT2D eigenvalue weighted by molar-refractivity contribution is 0.0934. The number of ether oxygens (including phenoxy) is 1. The minimum atomic E-state index is -0.310. The highest BCUT2D eigenvalue weighted by Crippen LogP contribution is 2.16. The number of aromatic nitrogens is 4. The van der Waals surface area contributed by atoms with Crippen molar-refractivity contribution < 1.29 is 9.53 Å². The summed E-state index contributed by atoms with van der Waals surface area (Å²) in [5.41, 5.74) is 1.11. The Kier molecular flexibility index (Phi) is 3.69. The number of rotatable bonds is 4. The van der Waals surface area contributed by atoms with Gasteiger partial charge in [-0.3, -0.25) is 9.20 Å². The fourth-order valence-corrected chi connectivity index (χ4v) is 2.22. The molecule has 0 bridgehead atoms. The van der Waals surface area contributed by atoms with Crippen molar-refractivity contribution in [3.05, 3.63) is 54.1 Å². The van der Waals surface area contributed by atoms with Crippen LogP contribution in [0.5, 0.6) is 5.88 Å². The van der Waals surface area contributed by atoms with Gasteiger partial charge in [-0.05, 0) is 31.2 Å². The van der Waals surface area contributed by atoms with Crippen LogP contribution in [0.4, 0.5) is 0 Å². The topological polar surface area (TPSA) is 81.4 Å². The molecule has 1 unspecified atom stereocenters. The Bertz CT molecular complexity index is 814. The van der Waals surface area contributed by atoms with E-state index in [-0.39, 0.29) is 11.9 Å². The molecule has 0 saturated carbocycles. The first-order valence-corrected chi connectivity index (χ1v) is 6.80. The zero-order valence-corrected chi connectivity index (χ0v) is 12.2. The van der Waals surface area contributed by atoms with E-state index in [1.165, 1.54) is 7.11 Å². The van der Waals surface area contributed by atoms with Crippen LogP contribution in [0.3, 0.4) is 0 Å². The van der Waals surface area contributed by atoms with Gasteiger partial charge in [-0.1, -0.05) is 6.07 Å². The van der Waals surface area contributed by atoms with Crippen LogP contribution in [0.15, 0.2) is 42.7 Å². The fraction of sp³-hybridized carbons (Fsp3) is 0.200. The molecule has 0 radical (unpaired) electrons. The fourth-order valence-electron chi connectivity index (χ4n) is 2.22. The van der Waals surface area contributed by atoms with Crippen molar-refractivity contribution in [2.45, 2.75) is 13.0 Å². The van der Waals surface area contributed by atoms with Crippen LogP contribution in [0.2, 0.25) is 0 Å². The summed E-state index contributed by atoms with van der Waals surface area (Å²) in [6.07, 6.45) is 3.43. The molecule has 1 amide bonds. The highest BCUT2D eigenvalue weighted by atomic mass is 16.5. The van der Waals surface area contributed by atoms with Crippen LogP contribution in [-0.4, -0.2) is 32.6 Å². The Hall–Kier alpha value is -2.96. The van der Waals surface area contributed by atoms with Crippen LogP contribution in [0.1, 0.15) is 29.1 Å². The zero-order valence-electron chi connectivity index (χ0n) is 12.2. The molecule has 0 spiro atoms. The molecule has 7 heteroatoms. The van der Waals surface area contributed by atoms with Gasteiger partial charge in [0.05, 0.1) is 13.2 Å². The van der Waals surface area contributed by atoms with Crippen molar-refractivity contribution in [2.24, 2.45) is 0 Å². The van der Waals surface area contributed by atoms with Crippen molar-refractivity contribution in [1.29, 1.82) is 0 Å². The lowest BCUT2D eigenvalue weighted by atomic mass is 10.2. The number of fused-ring (bicyclic) bond motifs is 1. The third kappa shape index (κ3) is 2.48. The zero-order chi connectivity index (χ0) is 15.5. The summed E-state index contributed by atoms with van der Waals surface area (Å²) in [4.78, 5) is 16.4.